The van der Waals surface area contributed by atoms with Gasteiger partial charge in [0.15, 0.2) is 12.3 Å². The minimum absolute atomic E-state index is 0. The Labute approximate surface area is 297 Å². The van der Waals surface area contributed by atoms with Crippen LogP contribution in [0.2, 0.25) is 0 Å². The molecule has 2 aromatic rings. The second-order valence-electron chi connectivity index (χ2n) is 11.0. The Kier molecular flexibility index (Phi) is 12.0. The number of para-hydroxylation sites is 1. The molecule has 0 aromatic heterocycles. The summed E-state index contributed by atoms with van der Waals surface area (Å²) in [6, 6.07) is 11.3. The summed E-state index contributed by atoms with van der Waals surface area (Å²) < 4.78 is 106. The zero-order chi connectivity index (χ0) is 30.6. The van der Waals surface area contributed by atoms with Crippen LogP contribution in [-0.2, 0) is 41.2 Å². The summed E-state index contributed by atoms with van der Waals surface area (Å²) in [6.07, 6.45) is 5.19. The van der Waals surface area contributed by atoms with E-state index in [0.29, 0.717) is 16.9 Å². The molecular weight excluding hydrogens is 638 g/mol. The molecule has 0 spiro atoms. The summed E-state index contributed by atoms with van der Waals surface area (Å²) in [5.41, 5.74) is 2.49. The first-order chi connectivity index (χ1) is 18.7. The maximum Gasteiger partial charge on any atom is 1.00 e. The fourth-order valence-corrected chi connectivity index (χ4v) is 6.88. The standard InChI is InChI=1S/C27H32N2O9S3.2Na/c1-26(2)20-8-5-6-9-22(20)28(14-16-39(30,31)32)24(26)10-7-11-25-27(3,4)21-18-19(41(36,37)38)12-13-23(21)29(25)15-17-40(33,34)35;;/h5-13,18H,14-17H2,1-4H3,(H2-,30,31,32,33,34,35,36,37,38);;/q;2*+1/p-2. The van der Waals surface area contributed by atoms with Gasteiger partial charge in [0.2, 0.25) is 5.69 Å². The fraction of sp³-hybridized carbons (Fsp3) is 0.370. The van der Waals surface area contributed by atoms with Crippen molar-refractivity contribution in [2.45, 2.75) is 43.4 Å². The van der Waals surface area contributed by atoms with Gasteiger partial charge in [-0.2, -0.15) is 4.58 Å². The van der Waals surface area contributed by atoms with Crippen LogP contribution in [0.4, 0.5) is 11.4 Å². The van der Waals surface area contributed by atoms with Crippen molar-refractivity contribution in [1.29, 1.82) is 0 Å². The van der Waals surface area contributed by atoms with Crippen molar-refractivity contribution in [3.8, 4) is 0 Å². The van der Waals surface area contributed by atoms with Crippen molar-refractivity contribution in [1.82, 2.24) is 0 Å². The second-order valence-corrected chi connectivity index (χ2v) is 15.5. The van der Waals surface area contributed by atoms with Crippen LogP contribution in [-0.4, -0.2) is 73.8 Å². The molecule has 0 aliphatic carbocycles. The molecule has 4 rings (SSSR count). The average Bonchev–Trinajstić information content (AvgIpc) is 3.18. The van der Waals surface area contributed by atoms with Gasteiger partial charge in [0.05, 0.1) is 31.9 Å². The molecule has 2 aromatic carbocycles. The average molecular weight is 669 g/mol. The second kappa shape index (κ2) is 13.5. The number of nitrogens with zero attached hydrogens (tertiary/aromatic N) is 2. The Hall–Kier alpha value is -0.880. The smallest absolute Gasteiger partial charge is 0.748 e. The van der Waals surface area contributed by atoms with Crippen LogP contribution in [0.15, 0.2) is 71.3 Å². The first-order valence-electron chi connectivity index (χ1n) is 12.6. The van der Waals surface area contributed by atoms with Gasteiger partial charge in [-0.3, -0.25) is 0 Å². The molecule has 0 unspecified atom stereocenters. The molecule has 0 radical (unpaired) electrons. The van der Waals surface area contributed by atoms with Crippen LogP contribution in [0, 0.1) is 0 Å². The van der Waals surface area contributed by atoms with Gasteiger partial charge in [-0.15, -0.1) is 0 Å². The van der Waals surface area contributed by atoms with Gasteiger partial charge in [-0.05, 0) is 43.7 Å². The van der Waals surface area contributed by atoms with E-state index in [4.69, 9.17) is 0 Å². The minimum atomic E-state index is -4.76. The normalized spacial score (nSPS) is 18.4. The Bertz CT molecular complexity index is 1830. The van der Waals surface area contributed by atoms with E-state index in [1.165, 1.54) is 12.1 Å². The molecule has 0 fully saturated rings. The van der Waals surface area contributed by atoms with Gasteiger partial charge in [0, 0.05) is 41.1 Å². The third-order valence-electron chi connectivity index (χ3n) is 7.59. The van der Waals surface area contributed by atoms with Crippen molar-refractivity contribution in [2.24, 2.45) is 0 Å². The number of rotatable bonds is 9. The van der Waals surface area contributed by atoms with Crippen LogP contribution in [0.3, 0.4) is 0 Å². The Morgan fingerprint density at radius 3 is 2.00 bits per heavy atom. The Balaban J connectivity index is 0.00000323. The van der Waals surface area contributed by atoms with E-state index in [1.807, 2.05) is 38.1 Å². The Morgan fingerprint density at radius 1 is 0.814 bits per heavy atom. The molecule has 16 heteroatoms. The molecule has 11 nitrogen and oxygen atoms in total. The number of fused-ring (bicyclic) bond motifs is 2. The predicted octanol–water partition coefficient (Wildman–Crippen LogP) is -3.70. The van der Waals surface area contributed by atoms with Crippen LogP contribution in [0.1, 0.15) is 38.8 Å². The van der Waals surface area contributed by atoms with E-state index in [-0.39, 0.29) is 72.2 Å². The molecule has 222 valence electrons. The van der Waals surface area contributed by atoms with E-state index in [1.54, 1.807) is 41.6 Å². The molecule has 0 N–H and O–H groups in total. The molecule has 0 saturated heterocycles. The number of hydrogen-bond acceptors (Lipinski definition) is 10. The number of hydrogen-bond donors (Lipinski definition) is 0. The van der Waals surface area contributed by atoms with Crippen molar-refractivity contribution >= 4 is 47.4 Å². The molecule has 0 bridgehead atoms. The van der Waals surface area contributed by atoms with E-state index in [0.717, 1.165) is 23.0 Å². The zero-order valence-electron chi connectivity index (χ0n) is 24.9. The van der Waals surface area contributed by atoms with Gasteiger partial charge in [0.25, 0.3) is 0 Å². The van der Waals surface area contributed by atoms with Crippen LogP contribution >= 0.6 is 0 Å². The maximum atomic E-state index is 11.7. The van der Waals surface area contributed by atoms with Crippen LogP contribution < -0.4 is 64.0 Å². The molecule has 2 aliphatic heterocycles. The van der Waals surface area contributed by atoms with E-state index < -0.39 is 57.6 Å². The summed E-state index contributed by atoms with van der Waals surface area (Å²) in [6.45, 7) is 7.25. The summed E-state index contributed by atoms with van der Waals surface area (Å²) in [5.74, 6) is -1.30. The number of anilines is 1. The summed E-state index contributed by atoms with van der Waals surface area (Å²) in [7, 11) is -13.8. The largest absolute Gasteiger partial charge is 1.00 e. The molecule has 43 heavy (non-hydrogen) atoms. The zero-order valence-corrected chi connectivity index (χ0v) is 31.3. The monoisotopic (exact) mass is 668 g/mol. The minimum Gasteiger partial charge on any atom is -0.748 e. The molecule has 0 atom stereocenters. The summed E-state index contributed by atoms with van der Waals surface area (Å²) >= 11 is 0. The van der Waals surface area contributed by atoms with E-state index in [9.17, 15) is 38.9 Å². The fourth-order valence-electron chi connectivity index (χ4n) is 5.57. The van der Waals surface area contributed by atoms with E-state index >= 15 is 0 Å². The van der Waals surface area contributed by atoms with Crippen LogP contribution in [0.5, 0.6) is 0 Å². The first kappa shape index (κ1) is 38.3. The molecular formula is C27H30N2Na2O9S3. The quantitative estimate of drug-likeness (QED) is 0.147. The van der Waals surface area contributed by atoms with Crippen molar-refractivity contribution in [2.75, 3.05) is 29.5 Å². The van der Waals surface area contributed by atoms with Gasteiger partial charge in [-0.1, -0.05) is 38.1 Å². The topological polar surface area (TPSA) is 178 Å². The molecule has 2 heterocycles. The summed E-state index contributed by atoms with van der Waals surface area (Å²) in [4.78, 5) is 1.18. The predicted molar refractivity (Wildman–Crippen MR) is 150 cm³/mol. The van der Waals surface area contributed by atoms with Gasteiger partial charge < -0.3 is 18.6 Å². The molecule has 0 saturated carbocycles. The number of benzene rings is 2. The maximum absolute atomic E-state index is 11.7. The van der Waals surface area contributed by atoms with Gasteiger partial charge >= 0.3 is 59.1 Å². The Morgan fingerprint density at radius 2 is 1.42 bits per heavy atom. The van der Waals surface area contributed by atoms with Gasteiger partial charge in [-0.25, -0.2) is 25.3 Å². The van der Waals surface area contributed by atoms with Crippen molar-refractivity contribution < 1.29 is 103 Å². The number of allylic oxidation sites excluding steroid dienone is 4. The van der Waals surface area contributed by atoms with Crippen molar-refractivity contribution in [3.63, 3.8) is 0 Å². The first-order valence-corrected chi connectivity index (χ1v) is 17.2. The van der Waals surface area contributed by atoms with E-state index in [2.05, 4.69) is 0 Å². The molecule has 2 aliphatic rings. The molecule has 0 amide bonds. The third-order valence-corrected chi connectivity index (χ3v) is 9.79. The summed E-state index contributed by atoms with van der Waals surface area (Å²) in [5, 5.41) is 0. The third kappa shape index (κ3) is 8.29. The van der Waals surface area contributed by atoms with Gasteiger partial charge in [0.1, 0.15) is 20.2 Å². The van der Waals surface area contributed by atoms with Crippen LogP contribution in [0.25, 0.3) is 0 Å². The van der Waals surface area contributed by atoms with Crippen molar-refractivity contribution in [3.05, 3.63) is 77.5 Å². The SMILES string of the molecule is CC1(C)C(C=C/C=C2/N(CCS(=O)(=O)[O-])c3ccc(S(=O)(=O)[O-])cc3C2(C)C)=[N+](CCS(=O)(=O)[O-])c2ccccc21.[Na+].[Na+].